The van der Waals surface area contributed by atoms with Crippen molar-refractivity contribution in [3.63, 3.8) is 0 Å². The minimum Gasteiger partial charge on any atom is -0.504 e. The number of ether oxygens (including phenoxy) is 2. The Labute approximate surface area is 119 Å². The van der Waals surface area contributed by atoms with E-state index < -0.39 is 0 Å². The SMILES string of the molecule is CO/C=C/c1cn2c(n1)COc1cc(Br)c(C)cc1-2. The number of halogens is 1. The molecule has 1 aromatic heterocycles. The molecule has 0 N–H and O–H groups in total. The minimum absolute atomic E-state index is 0.476. The maximum absolute atomic E-state index is 5.73. The monoisotopic (exact) mass is 320 g/mol. The molecule has 0 aliphatic carbocycles. The van der Waals surface area contributed by atoms with E-state index in [-0.39, 0.29) is 0 Å². The summed E-state index contributed by atoms with van der Waals surface area (Å²) in [5.41, 5.74) is 3.04. The predicted molar refractivity (Wildman–Crippen MR) is 76.4 cm³/mol. The van der Waals surface area contributed by atoms with Crippen LogP contribution in [0.5, 0.6) is 5.75 Å². The van der Waals surface area contributed by atoms with Gasteiger partial charge in [-0.3, -0.25) is 4.57 Å². The van der Waals surface area contributed by atoms with Gasteiger partial charge in [-0.15, -0.1) is 0 Å². The van der Waals surface area contributed by atoms with Gasteiger partial charge in [0.1, 0.15) is 12.4 Å². The molecule has 5 heteroatoms. The largest absolute Gasteiger partial charge is 0.504 e. The van der Waals surface area contributed by atoms with E-state index in [0.717, 1.165) is 33.0 Å². The molecule has 98 valence electrons. The fourth-order valence-corrected chi connectivity index (χ4v) is 2.38. The van der Waals surface area contributed by atoms with Crippen LogP contribution in [0.1, 0.15) is 17.1 Å². The van der Waals surface area contributed by atoms with E-state index in [1.54, 1.807) is 13.4 Å². The Bertz CT molecular complexity index is 662. The van der Waals surface area contributed by atoms with Crippen LogP contribution in [-0.2, 0) is 11.3 Å². The summed E-state index contributed by atoms with van der Waals surface area (Å²) in [6.45, 7) is 2.53. The first-order valence-electron chi connectivity index (χ1n) is 5.90. The van der Waals surface area contributed by atoms with Gasteiger partial charge < -0.3 is 9.47 Å². The van der Waals surface area contributed by atoms with Crippen molar-refractivity contribution in [3.8, 4) is 11.4 Å². The lowest BCUT2D eigenvalue weighted by Gasteiger charge is -2.20. The van der Waals surface area contributed by atoms with E-state index in [1.165, 1.54) is 0 Å². The van der Waals surface area contributed by atoms with Crippen molar-refractivity contribution in [1.82, 2.24) is 9.55 Å². The molecule has 0 radical (unpaired) electrons. The van der Waals surface area contributed by atoms with Crippen molar-refractivity contribution in [2.45, 2.75) is 13.5 Å². The Morgan fingerprint density at radius 1 is 1.47 bits per heavy atom. The van der Waals surface area contributed by atoms with E-state index >= 15 is 0 Å². The fourth-order valence-electron chi connectivity index (χ4n) is 2.06. The summed E-state index contributed by atoms with van der Waals surface area (Å²) in [5.74, 6) is 1.76. The molecule has 0 amide bonds. The third-order valence-corrected chi connectivity index (χ3v) is 3.88. The van der Waals surface area contributed by atoms with E-state index in [1.807, 2.05) is 18.3 Å². The van der Waals surface area contributed by atoms with Gasteiger partial charge in [-0.05, 0) is 30.7 Å². The third-order valence-electron chi connectivity index (χ3n) is 3.03. The van der Waals surface area contributed by atoms with E-state index in [4.69, 9.17) is 9.47 Å². The zero-order valence-corrected chi connectivity index (χ0v) is 12.3. The van der Waals surface area contributed by atoms with Crippen LogP contribution in [0.3, 0.4) is 0 Å². The highest BCUT2D eigenvalue weighted by atomic mass is 79.9. The van der Waals surface area contributed by atoms with Crippen molar-refractivity contribution in [1.29, 1.82) is 0 Å². The van der Waals surface area contributed by atoms with Crippen LogP contribution >= 0.6 is 15.9 Å². The Kier molecular flexibility index (Phi) is 3.06. The molecule has 0 saturated carbocycles. The summed E-state index contributed by atoms with van der Waals surface area (Å²) >= 11 is 3.52. The maximum atomic E-state index is 5.73. The van der Waals surface area contributed by atoms with Crippen molar-refractivity contribution >= 4 is 22.0 Å². The molecule has 0 spiro atoms. The van der Waals surface area contributed by atoms with Gasteiger partial charge in [0.2, 0.25) is 0 Å². The van der Waals surface area contributed by atoms with Crippen LogP contribution < -0.4 is 4.74 Å². The van der Waals surface area contributed by atoms with Gasteiger partial charge in [0.05, 0.1) is 24.8 Å². The highest BCUT2D eigenvalue weighted by Crippen LogP contribution is 2.34. The molecule has 0 unspecified atom stereocenters. The van der Waals surface area contributed by atoms with Gasteiger partial charge in [0.25, 0.3) is 0 Å². The second-order valence-electron chi connectivity index (χ2n) is 4.35. The Morgan fingerprint density at radius 2 is 2.32 bits per heavy atom. The topological polar surface area (TPSA) is 36.3 Å². The summed E-state index contributed by atoms with van der Waals surface area (Å²) in [7, 11) is 1.62. The predicted octanol–water partition coefficient (Wildman–Crippen LogP) is 3.45. The summed E-state index contributed by atoms with van der Waals surface area (Å²) in [5, 5.41) is 0. The number of methoxy groups -OCH3 is 1. The lowest BCUT2D eigenvalue weighted by atomic mass is 10.2. The maximum Gasteiger partial charge on any atom is 0.152 e. The Morgan fingerprint density at radius 3 is 3.11 bits per heavy atom. The van der Waals surface area contributed by atoms with Crippen LogP contribution in [-0.4, -0.2) is 16.7 Å². The molecule has 1 aliphatic rings. The van der Waals surface area contributed by atoms with E-state index in [9.17, 15) is 0 Å². The van der Waals surface area contributed by atoms with Gasteiger partial charge in [-0.1, -0.05) is 15.9 Å². The molecule has 0 atom stereocenters. The fraction of sp³-hybridized carbons (Fsp3) is 0.214. The zero-order chi connectivity index (χ0) is 13.4. The first-order chi connectivity index (χ1) is 9.19. The quantitative estimate of drug-likeness (QED) is 0.795. The van der Waals surface area contributed by atoms with Crippen molar-refractivity contribution in [3.05, 3.63) is 46.1 Å². The molecule has 1 aliphatic heterocycles. The molecule has 2 heterocycles. The molecule has 0 bridgehead atoms. The molecular formula is C14H13BrN2O2. The molecule has 2 aromatic rings. The normalized spacial score (nSPS) is 13.0. The molecule has 4 nitrogen and oxygen atoms in total. The van der Waals surface area contributed by atoms with Crippen molar-refractivity contribution in [2.24, 2.45) is 0 Å². The smallest absolute Gasteiger partial charge is 0.152 e. The molecule has 1 aromatic carbocycles. The number of benzene rings is 1. The van der Waals surface area contributed by atoms with Crippen molar-refractivity contribution < 1.29 is 9.47 Å². The summed E-state index contributed by atoms with van der Waals surface area (Å²) < 4.78 is 13.8. The molecular weight excluding hydrogens is 308 g/mol. The van der Waals surface area contributed by atoms with Gasteiger partial charge in [-0.25, -0.2) is 4.98 Å². The van der Waals surface area contributed by atoms with Crippen LogP contribution in [0, 0.1) is 6.92 Å². The average Bonchev–Trinajstić information content (AvgIpc) is 2.81. The Hall–Kier alpha value is -1.75. The first kappa shape index (κ1) is 12.3. The minimum atomic E-state index is 0.476. The first-order valence-corrected chi connectivity index (χ1v) is 6.69. The number of fused-ring (bicyclic) bond motifs is 3. The average molecular weight is 321 g/mol. The van der Waals surface area contributed by atoms with Crippen molar-refractivity contribution in [2.75, 3.05) is 7.11 Å². The lowest BCUT2D eigenvalue weighted by molar-refractivity contribution is 0.279. The molecule has 3 rings (SSSR count). The molecule has 19 heavy (non-hydrogen) atoms. The number of hydrogen-bond acceptors (Lipinski definition) is 3. The highest BCUT2D eigenvalue weighted by molar-refractivity contribution is 9.10. The summed E-state index contributed by atoms with van der Waals surface area (Å²) in [6, 6.07) is 4.09. The molecule has 0 saturated heterocycles. The van der Waals surface area contributed by atoms with Gasteiger partial charge in [0, 0.05) is 10.7 Å². The van der Waals surface area contributed by atoms with E-state index in [0.29, 0.717) is 6.61 Å². The summed E-state index contributed by atoms with van der Waals surface area (Å²) in [4.78, 5) is 4.50. The number of aromatic nitrogens is 2. The summed E-state index contributed by atoms with van der Waals surface area (Å²) in [6.07, 6.45) is 5.43. The highest BCUT2D eigenvalue weighted by Gasteiger charge is 2.19. The number of rotatable bonds is 2. The second kappa shape index (κ2) is 4.74. The van der Waals surface area contributed by atoms with Crippen LogP contribution in [0.25, 0.3) is 11.8 Å². The van der Waals surface area contributed by atoms with Crippen LogP contribution in [0.15, 0.2) is 29.1 Å². The third kappa shape index (κ3) is 2.14. The van der Waals surface area contributed by atoms with Gasteiger partial charge >= 0.3 is 0 Å². The number of hydrogen-bond donors (Lipinski definition) is 0. The lowest BCUT2D eigenvalue weighted by Crippen LogP contribution is -2.12. The number of aryl methyl sites for hydroxylation is 1. The van der Waals surface area contributed by atoms with Gasteiger partial charge in [0.15, 0.2) is 5.82 Å². The standard InChI is InChI=1S/C14H13BrN2O2/c1-9-5-12-13(6-11(9)15)19-8-14-16-10(3-4-18-2)7-17(12)14/h3-7H,8H2,1-2H3/b4-3+. The zero-order valence-electron chi connectivity index (χ0n) is 10.7. The van der Waals surface area contributed by atoms with Crippen LogP contribution in [0.4, 0.5) is 0 Å². The van der Waals surface area contributed by atoms with E-state index in [2.05, 4.69) is 38.5 Å². The Balaban J connectivity index is 2.10. The van der Waals surface area contributed by atoms with Gasteiger partial charge in [-0.2, -0.15) is 0 Å². The molecule has 0 fully saturated rings. The van der Waals surface area contributed by atoms with Crippen LogP contribution in [0.2, 0.25) is 0 Å². The number of nitrogens with zero attached hydrogens (tertiary/aromatic N) is 2. The number of imidazole rings is 1. The second-order valence-corrected chi connectivity index (χ2v) is 5.20.